The normalized spacial score (nSPS) is 24.8. The number of aromatic amines is 1. The minimum absolute atomic E-state index is 0.00300. The van der Waals surface area contributed by atoms with Gasteiger partial charge in [0.05, 0.1) is 11.3 Å². The first-order chi connectivity index (χ1) is 16.0. The van der Waals surface area contributed by atoms with Crippen LogP contribution in [-0.4, -0.2) is 44.4 Å². The molecule has 2 N–H and O–H groups in total. The number of rotatable bonds is 6. The van der Waals surface area contributed by atoms with Crippen LogP contribution >= 0.6 is 0 Å². The smallest absolute Gasteiger partial charge is 0.306 e. The molecule has 4 atom stereocenters. The number of hydrogen-bond acceptors (Lipinski definition) is 3. The van der Waals surface area contributed by atoms with E-state index in [4.69, 9.17) is 0 Å². The summed E-state index contributed by atoms with van der Waals surface area (Å²) in [7, 11) is 0. The standard InChI is InChI=1S/C26H32FN3O3/c1-3-7-16(4-2)19(20-15-29-25-24(20)21(27)10-12-28-25)14-23(31)30-13-11-18(26(32)33)17-8-5-6-9-22(17)30/h3-4,7,10,12,15,17-19,22H,5-6,8-9,11,13-14H2,1-2H3,(H,28,29)(H,32,33)/b7-3-,16-4+. The van der Waals surface area contributed by atoms with Gasteiger partial charge in [0.15, 0.2) is 0 Å². The van der Waals surface area contributed by atoms with Crippen molar-refractivity contribution in [2.75, 3.05) is 6.54 Å². The Kier molecular flexibility index (Phi) is 6.96. The number of halogens is 1. The van der Waals surface area contributed by atoms with E-state index >= 15 is 0 Å². The first-order valence-corrected chi connectivity index (χ1v) is 11.9. The van der Waals surface area contributed by atoms with Crippen LogP contribution in [0.4, 0.5) is 4.39 Å². The second-order valence-corrected chi connectivity index (χ2v) is 9.14. The van der Waals surface area contributed by atoms with Crippen molar-refractivity contribution in [2.45, 2.75) is 64.3 Å². The van der Waals surface area contributed by atoms with Crippen molar-refractivity contribution in [3.63, 3.8) is 0 Å². The van der Waals surface area contributed by atoms with Crippen LogP contribution in [0.3, 0.4) is 0 Å². The summed E-state index contributed by atoms with van der Waals surface area (Å²) in [5, 5.41) is 10.1. The molecule has 7 heteroatoms. The van der Waals surface area contributed by atoms with E-state index in [1.54, 1.807) is 6.20 Å². The number of carbonyl (C=O) groups is 2. The summed E-state index contributed by atoms with van der Waals surface area (Å²) >= 11 is 0. The lowest BCUT2D eigenvalue weighted by molar-refractivity contribution is -0.153. The zero-order chi connectivity index (χ0) is 23.5. The Morgan fingerprint density at radius 3 is 2.82 bits per heavy atom. The van der Waals surface area contributed by atoms with Gasteiger partial charge in [-0.05, 0) is 56.2 Å². The molecule has 1 saturated heterocycles. The number of carbonyl (C=O) groups excluding carboxylic acids is 1. The lowest BCUT2D eigenvalue weighted by Gasteiger charge is -2.47. The van der Waals surface area contributed by atoms with E-state index in [2.05, 4.69) is 9.97 Å². The lowest BCUT2D eigenvalue weighted by atomic mass is 9.71. The number of carboxylic acid groups (broad SMARTS) is 1. The predicted molar refractivity (Wildman–Crippen MR) is 125 cm³/mol. The second kappa shape index (κ2) is 9.89. The van der Waals surface area contributed by atoms with Crippen molar-refractivity contribution in [2.24, 2.45) is 11.8 Å². The highest BCUT2D eigenvalue weighted by molar-refractivity contribution is 5.84. The molecule has 1 saturated carbocycles. The van der Waals surface area contributed by atoms with Gasteiger partial charge in [0.1, 0.15) is 11.5 Å². The fourth-order valence-electron chi connectivity index (χ4n) is 5.89. The zero-order valence-corrected chi connectivity index (χ0v) is 19.3. The van der Waals surface area contributed by atoms with Crippen molar-refractivity contribution in [1.82, 2.24) is 14.9 Å². The number of pyridine rings is 1. The third kappa shape index (κ3) is 4.45. The van der Waals surface area contributed by atoms with E-state index in [0.717, 1.165) is 36.8 Å². The first-order valence-electron chi connectivity index (χ1n) is 11.9. The molecule has 6 nitrogen and oxygen atoms in total. The lowest BCUT2D eigenvalue weighted by Crippen LogP contribution is -2.54. The molecule has 1 aliphatic heterocycles. The number of hydrogen-bond donors (Lipinski definition) is 2. The van der Waals surface area contributed by atoms with Gasteiger partial charge in [-0.25, -0.2) is 9.37 Å². The first kappa shape index (κ1) is 23.2. The maximum atomic E-state index is 14.8. The summed E-state index contributed by atoms with van der Waals surface area (Å²) in [6, 6.07) is 1.31. The SMILES string of the molecule is C/C=C\C(=C/C)C(CC(=O)N1CCC(C(=O)O)C2CCCCC21)c1c[nH]c2nccc(F)c12. The molecular weight excluding hydrogens is 421 g/mol. The Hall–Kier alpha value is -2.96. The van der Waals surface area contributed by atoms with Crippen LogP contribution in [0.2, 0.25) is 0 Å². The zero-order valence-electron chi connectivity index (χ0n) is 19.3. The summed E-state index contributed by atoms with van der Waals surface area (Å²) in [4.78, 5) is 34.7. The highest BCUT2D eigenvalue weighted by atomic mass is 19.1. The average Bonchev–Trinajstić information content (AvgIpc) is 3.25. The number of allylic oxidation sites excluding steroid dienone is 4. The van der Waals surface area contributed by atoms with Crippen molar-refractivity contribution < 1.29 is 19.1 Å². The molecule has 0 bridgehead atoms. The third-order valence-electron chi connectivity index (χ3n) is 7.42. The molecule has 1 amide bonds. The van der Waals surface area contributed by atoms with E-state index in [9.17, 15) is 19.1 Å². The van der Waals surface area contributed by atoms with Crippen molar-refractivity contribution in [1.29, 1.82) is 0 Å². The van der Waals surface area contributed by atoms with Gasteiger partial charge in [-0.15, -0.1) is 0 Å². The Morgan fingerprint density at radius 2 is 2.09 bits per heavy atom. The Labute approximate surface area is 193 Å². The number of amides is 1. The molecule has 176 valence electrons. The molecule has 2 aromatic heterocycles. The van der Waals surface area contributed by atoms with Crippen molar-refractivity contribution >= 4 is 22.9 Å². The Morgan fingerprint density at radius 1 is 1.30 bits per heavy atom. The second-order valence-electron chi connectivity index (χ2n) is 9.14. The van der Waals surface area contributed by atoms with Gasteiger partial charge < -0.3 is 15.0 Å². The Bertz CT molecular complexity index is 1090. The van der Waals surface area contributed by atoms with Gasteiger partial charge in [-0.1, -0.05) is 31.1 Å². The molecular formula is C26H32FN3O3. The molecule has 4 unspecified atom stereocenters. The number of fused-ring (bicyclic) bond motifs is 2. The number of aliphatic carboxylic acids is 1. The maximum Gasteiger partial charge on any atom is 0.306 e. The molecule has 4 rings (SSSR count). The molecule has 1 aliphatic carbocycles. The molecule has 0 aromatic carbocycles. The van der Waals surface area contributed by atoms with Gasteiger partial charge in [0.25, 0.3) is 0 Å². The summed E-state index contributed by atoms with van der Waals surface area (Å²) < 4.78 is 14.8. The Balaban J connectivity index is 1.66. The summed E-state index contributed by atoms with van der Waals surface area (Å²) in [6.45, 7) is 4.30. The number of H-pyrrole nitrogens is 1. The minimum Gasteiger partial charge on any atom is -0.481 e. The van der Waals surface area contributed by atoms with Gasteiger partial charge in [-0.3, -0.25) is 9.59 Å². The summed E-state index contributed by atoms with van der Waals surface area (Å²) in [5.41, 5.74) is 2.12. The number of aromatic nitrogens is 2. The van der Waals surface area contributed by atoms with E-state index < -0.39 is 5.97 Å². The third-order valence-corrected chi connectivity index (χ3v) is 7.42. The number of likely N-dealkylation sites (tertiary alicyclic amines) is 1. The van der Waals surface area contributed by atoms with E-state index in [0.29, 0.717) is 24.0 Å². The molecule has 3 heterocycles. The topological polar surface area (TPSA) is 86.3 Å². The van der Waals surface area contributed by atoms with E-state index in [1.165, 1.54) is 12.3 Å². The highest BCUT2D eigenvalue weighted by Gasteiger charge is 2.44. The van der Waals surface area contributed by atoms with Gasteiger partial charge >= 0.3 is 5.97 Å². The van der Waals surface area contributed by atoms with E-state index in [-0.39, 0.29) is 41.9 Å². The maximum absolute atomic E-state index is 14.8. The summed E-state index contributed by atoms with van der Waals surface area (Å²) in [5.74, 6) is -1.80. The van der Waals surface area contributed by atoms with Crippen LogP contribution in [-0.2, 0) is 9.59 Å². The van der Waals surface area contributed by atoms with Gasteiger partial charge in [0.2, 0.25) is 5.91 Å². The molecule has 2 aromatic rings. The quantitative estimate of drug-likeness (QED) is 0.590. The molecule has 0 radical (unpaired) electrons. The largest absolute Gasteiger partial charge is 0.481 e. The minimum atomic E-state index is -0.747. The number of nitrogens with zero attached hydrogens (tertiary/aromatic N) is 2. The fraction of sp³-hybridized carbons (Fsp3) is 0.500. The molecule has 0 spiro atoms. The van der Waals surface area contributed by atoms with Crippen molar-refractivity contribution in [3.05, 3.63) is 53.6 Å². The van der Waals surface area contributed by atoms with Crippen LogP contribution in [0.5, 0.6) is 0 Å². The summed E-state index contributed by atoms with van der Waals surface area (Å²) in [6.07, 6.45) is 13.5. The van der Waals surface area contributed by atoms with Crippen LogP contribution in [0.15, 0.2) is 42.3 Å². The van der Waals surface area contributed by atoms with Crippen LogP contribution in [0.25, 0.3) is 11.0 Å². The van der Waals surface area contributed by atoms with Crippen molar-refractivity contribution in [3.8, 4) is 0 Å². The van der Waals surface area contributed by atoms with Crippen LogP contribution in [0, 0.1) is 17.7 Å². The monoisotopic (exact) mass is 453 g/mol. The van der Waals surface area contributed by atoms with Crippen LogP contribution in [0.1, 0.15) is 63.9 Å². The van der Waals surface area contributed by atoms with Crippen LogP contribution < -0.4 is 0 Å². The van der Waals surface area contributed by atoms with Gasteiger partial charge in [-0.2, -0.15) is 0 Å². The fourth-order valence-corrected chi connectivity index (χ4v) is 5.89. The molecule has 2 fully saturated rings. The number of nitrogens with one attached hydrogen (secondary N) is 1. The number of piperidine rings is 1. The molecule has 33 heavy (non-hydrogen) atoms. The highest BCUT2D eigenvalue weighted by Crippen LogP contribution is 2.41. The average molecular weight is 454 g/mol. The number of carboxylic acids is 1. The van der Waals surface area contributed by atoms with Gasteiger partial charge in [0, 0.05) is 37.3 Å². The molecule has 2 aliphatic rings. The predicted octanol–water partition coefficient (Wildman–Crippen LogP) is 5.19. The van der Waals surface area contributed by atoms with E-state index in [1.807, 2.05) is 37.0 Å².